The Hall–Kier alpha value is -3.75. The first-order chi connectivity index (χ1) is 15.4. The molecule has 0 aromatic heterocycles. The van der Waals surface area contributed by atoms with Gasteiger partial charge in [-0.05, 0) is 48.9 Å². The maximum Gasteiger partial charge on any atom is 0.338 e. The van der Waals surface area contributed by atoms with E-state index in [-0.39, 0.29) is 18.8 Å². The Bertz CT molecular complexity index is 1020. The molecular weight excluding hydrogens is 419 g/mol. The quantitative estimate of drug-likeness (QED) is 0.628. The van der Waals surface area contributed by atoms with E-state index < -0.39 is 23.9 Å². The minimum absolute atomic E-state index is 0.104. The van der Waals surface area contributed by atoms with Gasteiger partial charge in [-0.2, -0.15) is 0 Å². The maximum atomic E-state index is 13.2. The highest BCUT2D eigenvalue weighted by Gasteiger charge is 2.37. The summed E-state index contributed by atoms with van der Waals surface area (Å²) in [5.74, 6) is 0.370. The Morgan fingerprint density at radius 2 is 1.78 bits per heavy atom. The van der Waals surface area contributed by atoms with Gasteiger partial charge in [0.05, 0.1) is 38.1 Å². The molecule has 1 atom stereocenters. The molecule has 2 aromatic rings. The zero-order valence-electron chi connectivity index (χ0n) is 18.3. The fraction of sp³-hybridized carbons (Fsp3) is 0.304. The van der Waals surface area contributed by atoms with Crippen LogP contribution in [0.3, 0.4) is 0 Å². The summed E-state index contributed by atoms with van der Waals surface area (Å²) in [6.07, 6.45) is 0. The first-order valence-electron chi connectivity index (χ1n) is 9.94. The lowest BCUT2D eigenvalue weighted by Crippen LogP contribution is -2.48. The number of rotatable bonds is 8. The number of ether oxygens (including phenoxy) is 4. The minimum atomic E-state index is -0.802. The summed E-state index contributed by atoms with van der Waals surface area (Å²) in [4.78, 5) is 27.0. The second-order valence-electron chi connectivity index (χ2n) is 6.88. The van der Waals surface area contributed by atoms with E-state index in [1.165, 1.54) is 50.4 Å². The molecule has 3 rings (SSSR count). The lowest BCUT2D eigenvalue weighted by molar-refractivity contribution is -0.139. The number of benzene rings is 2. The van der Waals surface area contributed by atoms with Crippen molar-refractivity contribution in [3.8, 4) is 17.2 Å². The molecule has 0 bridgehead atoms. The van der Waals surface area contributed by atoms with Crippen molar-refractivity contribution in [1.82, 2.24) is 10.2 Å². The second-order valence-corrected chi connectivity index (χ2v) is 6.88. The summed E-state index contributed by atoms with van der Waals surface area (Å²) in [5, 5.41) is 2.82. The molecule has 1 aliphatic heterocycles. The van der Waals surface area contributed by atoms with E-state index >= 15 is 0 Å². The van der Waals surface area contributed by atoms with Gasteiger partial charge in [0.1, 0.15) is 18.2 Å². The van der Waals surface area contributed by atoms with Crippen LogP contribution in [0.4, 0.5) is 9.18 Å². The van der Waals surface area contributed by atoms with Gasteiger partial charge in [0.2, 0.25) is 0 Å². The Labute approximate surface area is 185 Å². The number of amides is 2. The molecule has 8 nitrogen and oxygen atoms in total. The number of carbonyl (C=O) groups is 2. The number of nitrogens with zero attached hydrogens (tertiary/aromatic N) is 1. The molecule has 9 heteroatoms. The summed E-state index contributed by atoms with van der Waals surface area (Å²) in [6, 6.07) is 9.35. The van der Waals surface area contributed by atoms with Crippen LogP contribution in [-0.4, -0.2) is 51.4 Å². The fourth-order valence-corrected chi connectivity index (χ4v) is 3.35. The van der Waals surface area contributed by atoms with Gasteiger partial charge < -0.3 is 24.3 Å². The van der Waals surface area contributed by atoms with Crippen molar-refractivity contribution in [2.24, 2.45) is 0 Å². The number of likely N-dealkylation sites (N-methyl/N-ethyl adjacent to an activating group) is 1. The number of halogens is 1. The summed E-state index contributed by atoms with van der Waals surface area (Å²) < 4.78 is 34.9. The molecule has 1 aliphatic rings. The van der Waals surface area contributed by atoms with Gasteiger partial charge in [-0.15, -0.1) is 0 Å². The van der Waals surface area contributed by atoms with E-state index in [0.29, 0.717) is 28.5 Å². The molecule has 2 amide bonds. The molecule has 0 radical (unpaired) electrons. The third-order valence-corrected chi connectivity index (χ3v) is 5.00. The van der Waals surface area contributed by atoms with Crippen molar-refractivity contribution in [2.75, 3.05) is 34.5 Å². The van der Waals surface area contributed by atoms with Crippen LogP contribution >= 0.6 is 0 Å². The maximum absolute atomic E-state index is 13.2. The lowest BCUT2D eigenvalue weighted by Gasteiger charge is -2.34. The van der Waals surface area contributed by atoms with E-state index in [4.69, 9.17) is 18.9 Å². The van der Waals surface area contributed by atoms with Crippen LogP contribution in [0.5, 0.6) is 17.2 Å². The van der Waals surface area contributed by atoms with E-state index in [1.54, 1.807) is 25.1 Å². The van der Waals surface area contributed by atoms with Gasteiger partial charge in [-0.1, -0.05) is 6.07 Å². The molecule has 0 fully saturated rings. The highest BCUT2D eigenvalue weighted by atomic mass is 19.1. The first-order valence-corrected chi connectivity index (χ1v) is 9.94. The third-order valence-electron chi connectivity index (χ3n) is 5.00. The van der Waals surface area contributed by atoms with Crippen molar-refractivity contribution in [3.63, 3.8) is 0 Å². The van der Waals surface area contributed by atoms with Crippen LogP contribution < -0.4 is 19.5 Å². The van der Waals surface area contributed by atoms with Crippen LogP contribution in [0.2, 0.25) is 0 Å². The van der Waals surface area contributed by atoms with E-state index in [0.717, 1.165) is 0 Å². The summed E-state index contributed by atoms with van der Waals surface area (Å²) in [5.41, 5.74) is 1.16. The zero-order valence-corrected chi connectivity index (χ0v) is 18.3. The highest BCUT2D eigenvalue weighted by molar-refractivity contribution is 5.95. The largest absolute Gasteiger partial charge is 0.493 e. The van der Waals surface area contributed by atoms with Crippen LogP contribution in [0.1, 0.15) is 18.5 Å². The van der Waals surface area contributed by atoms with Crippen LogP contribution in [-0.2, 0) is 9.53 Å². The molecule has 0 saturated heterocycles. The van der Waals surface area contributed by atoms with Crippen LogP contribution in [0, 0.1) is 5.82 Å². The van der Waals surface area contributed by atoms with Crippen molar-refractivity contribution in [3.05, 3.63) is 65.1 Å². The van der Waals surface area contributed by atoms with Gasteiger partial charge in [-0.3, -0.25) is 4.90 Å². The molecule has 0 spiro atoms. The van der Waals surface area contributed by atoms with Gasteiger partial charge in [0, 0.05) is 7.05 Å². The molecule has 0 aliphatic carbocycles. The number of hydrogen-bond donors (Lipinski definition) is 1. The predicted molar refractivity (Wildman–Crippen MR) is 114 cm³/mol. The molecule has 2 aromatic carbocycles. The topological polar surface area (TPSA) is 86.3 Å². The highest BCUT2D eigenvalue weighted by Crippen LogP contribution is 2.36. The number of hydrogen-bond acceptors (Lipinski definition) is 6. The predicted octanol–water partition coefficient (Wildman–Crippen LogP) is 3.44. The lowest BCUT2D eigenvalue weighted by atomic mass is 9.94. The fourth-order valence-electron chi connectivity index (χ4n) is 3.35. The average Bonchev–Trinajstić information content (AvgIpc) is 2.80. The molecule has 1 heterocycles. The minimum Gasteiger partial charge on any atom is -0.493 e. The smallest absolute Gasteiger partial charge is 0.338 e. The van der Waals surface area contributed by atoms with Crippen LogP contribution in [0.25, 0.3) is 0 Å². The Morgan fingerprint density at radius 3 is 2.41 bits per heavy atom. The number of urea groups is 1. The van der Waals surface area contributed by atoms with Crippen molar-refractivity contribution < 1.29 is 32.9 Å². The SMILES string of the molecule is CCOC(=O)C1=C(COc2ccc(F)cc2)N(C)C(=O)N[C@H]1c1ccc(OC)c(OC)c1. The number of methoxy groups -OCH3 is 2. The van der Waals surface area contributed by atoms with Gasteiger partial charge in [-0.25, -0.2) is 14.0 Å². The molecule has 0 saturated carbocycles. The van der Waals surface area contributed by atoms with Crippen molar-refractivity contribution in [2.45, 2.75) is 13.0 Å². The van der Waals surface area contributed by atoms with Crippen molar-refractivity contribution >= 4 is 12.0 Å². The molecular formula is C23H25FN2O6. The Kier molecular flexibility index (Phi) is 7.19. The first kappa shape index (κ1) is 22.9. The standard InChI is InChI=1S/C23H25FN2O6/c1-5-31-22(27)20-17(13-32-16-9-7-15(24)8-10-16)26(2)23(28)25-21(20)14-6-11-18(29-3)19(12-14)30-4/h6-12,21H,5,13H2,1-4H3,(H,25,28)/t21-/m0/s1. The van der Waals surface area contributed by atoms with E-state index in [9.17, 15) is 14.0 Å². The number of esters is 1. The average molecular weight is 444 g/mol. The van der Waals surface area contributed by atoms with Crippen LogP contribution in [0.15, 0.2) is 53.7 Å². The summed E-state index contributed by atoms with van der Waals surface area (Å²) in [6.45, 7) is 1.75. The Morgan fingerprint density at radius 1 is 1.09 bits per heavy atom. The molecule has 1 N–H and O–H groups in total. The normalized spacial score (nSPS) is 15.8. The second kappa shape index (κ2) is 10.0. The van der Waals surface area contributed by atoms with E-state index in [2.05, 4.69) is 5.32 Å². The summed E-state index contributed by atoms with van der Waals surface area (Å²) >= 11 is 0. The zero-order chi connectivity index (χ0) is 23.3. The molecule has 32 heavy (non-hydrogen) atoms. The third kappa shape index (κ3) is 4.77. The van der Waals surface area contributed by atoms with Gasteiger partial charge in [0.15, 0.2) is 11.5 Å². The number of nitrogens with one attached hydrogen (secondary N) is 1. The van der Waals surface area contributed by atoms with Gasteiger partial charge >= 0.3 is 12.0 Å². The molecule has 0 unspecified atom stereocenters. The number of carbonyl (C=O) groups excluding carboxylic acids is 2. The summed E-state index contributed by atoms with van der Waals surface area (Å²) in [7, 11) is 4.55. The van der Waals surface area contributed by atoms with Crippen molar-refractivity contribution in [1.29, 1.82) is 0 Å². The monoisotopic (exact) mass is 444 g/mol. The van der Waals surface area contributed by atoms with Gasteiger partial charge in [0.25, 0.3) is 0 Å². The van der Waals surface area contributed by atoms with E-state index in [1.807, 2.05) is 0 Å². The Balaban J connectivity index is 2.05. The molecule has 170 valence electrons.